The highest BCUT2D eigenvalue weighted by atomic mass is 16.5. The van der Waals surface area contributed by atoms with Crippen molar-refractivity contribution in [3.8, 4) is 0 Å². The molecule has 0 heterocycles. The predicted molar refractivity (Wildman–Crippen MR) is 48.5 cm³/mol. The molecule has 0 aromatic heterocycles. The van der Waals surface area contributed by atoms with Crippen LogP contribution >= 0.6 is 0 Å². The largest absolute Gasteiger partial charge is 0.376 e. The first kappa shape index (κ1) is 10.5. The number of methoxy groups -OCH3 is 2. The summed E-state index contributed by atoms with van der Waals surface area (Å²) in [7, 11) is 3.21. The summed E-state index contributed by atoms with van der Waals surface area (Å²) in [5.41, 5.74) is -0.0938. The zero-order valence-corrected chi connectivity index (χ0v) is 8.26. The Morgan fingerprint density at radius 3 is 2.54 bits per heavy atom. The maximum Gasteiger partial charge on any atom is 0.246 e. The molecule has 4 heteroatoms. The Bertz CT molecular complexity index is 172. The fourth-order valence-corrected chi connectivity index (χ4v) is 1.47. The normalized spacial score (nSPS) is 19.2. The van der Waals surface area contributed by atoms with Gasteiger partial charge in [-0.2, -0.15) is 0 Å². The third-order valence-electron chi connectivity index (χ3n) is 2.58. The van der Waals surface area contributed by atoms with Crippen molar-refractivity contribution in [1.82, 2.24) is 5.32 Å². The average molecular weight is 187 g/mol. The van der Waals surface area contributed by atoms with Crippen LogP contribution in [0.1, 0.15) is 19.3 Å². The molecule has 0 bridgehead atoms. The second-order valence-electron chi connectivity index (χ2n) is 3.45. The molecule has 13 heavy (non-hydrogen) atoms. The Kier molecular flexibility index (Phi) is 3.69. The summed E-state index contributed by atoms with van der Waals surface area (Å²) in [6, 6.07) is 0. The second-order valence-corrected chi connectivity index (χ2v) is 3.45. The van der Waals surface area contributed by atoms with Crippen molar-refractivity contribution in [1.29, 1.82) is 0 Å². The molecular weight excluding hydrogens is 170 g/mol. The van der Waals surface area contributed by atoms with E-state index < -0.39 is 0 Å². The number of rotatable bonds is 5. The predicted octanol–water partition coefficient (Wildman–Crippen LogP) is 0.318. The molecule has 0 unspecified atom stereocenters. The smallest absolute Gasteiger partial charge is 0.246 e. The minimum Gasteiger partial charge on any atom is -0.376 e. The molecule has 0 aliphatic heterocycles. The van der Waals surface area contributed by atoms with E-state index in [9.17, 15) is 4.79 Å². The summed E-state index contributed by atoms with van der Waals surface area (Å²) < 4.78 is 10.0. The fraction of sp³-hybridized carbons (Fsp3) is 0.889. The van der Waals surface area contributed by atoms with Gasteiger partial charge in [-0.25, -0.2) is 0 Å². The SMILES string of the molecule is COCC(=O)NCC1(OC)CCC1. The highest BCUT2D eigenvalue weighted by molar-refractivity contribution is 5.77. The van der Waals surface area contributed by atoms with E-state index in [1.165, 1.54) is 13.5 Å². The molecule has 0 aromatic rings. The van der Waals surface area contributed by atoms with Crippen molar-refractivity contribution in [3.63, 3.8) is 0 Å². The van der Waals surface area contributed by atoms with Crippen LogP contribution in [0.4, 0.5) is 0 Å². The summed E-state index contributed by atoms with van der Waals surface area (Å²) in [6.45, 7) is 0.728. The molecule has 1 aliphatic rings. The molecular formula is C9H17NO3. The number of hydrogen-bond donors (Lipinski definition) is 1. The van der Waals surface area contributed by atoms with Crippen LogP contribution in [0.5, 0.6) is 0 Å². The molecule has 1 amide bonds. The van der Waals surface area contributed by atoms with Crippen LogP contribution < -0.4 is 5.32 Å². The molecule has 1 saturated carbocycles. The number of ether oxygens (including phenoxy) is 2. The first-order valence-corrected chi connectivity index (χ1v) is 4.53. The topological polar surface area (TPSA) is 47.6 Å². The number of nitrogens with one attached hydrogen (secondary N) is 1. The quantitative estimate of drug-likeness (QED) is 0.674. The second kappa shape index (κ2) is 4.58. The highest BCUT2D eigenvalue weighted by Crippen LogP contribution is 2.34. The molecule has 1 aliphatic carbocycles. The summed E-state index contributed by atoms with van der Waals surface area (Å²) in [5, 5.41) is 2.79. The van der Waals surface area contributed by atoms with Gasteiger partial charge >= 0.3 is 0 Å². The van der Waals surface area contributed by atoms with Gasteiger partial charge in [-0.15, -0.1) is 0 Å². The zero-order valence-electron chi connectivity index (χ0n) is 8.26. The van der Waals surface area contributed by atoms with E-state index in [1.54, 1.807) is 7.11 Å². The lowest BCUT2D eigenvalue weighted by atomic mass is 9.80. The third-order valence-corrected chi connectivity index (χ3v) is 2.58. The van der Waals surface area contributed by atoms with Crippen molar-refractivity contribution in [2.24, 2.45) is 0 Å². The van der Waals surface area contributed by atoms with Crippen LogP contribution in [-0.2, 0) is 14.3 Å². The minimum absolute atomic E-state index is 0.0779. The number of carbonyl (C=O) groups excluding carboxylic acids is 1. The van der Waals surface area contributed by atoms with Crippen LogP contribution in [0, 0.1) is 0 Å². The maximum absolute atomic E-state index is 11.1. The van der Waals surface area contributed by atoms with Gasteiger partial charge in [0.25, 0.3) is 0 Å². The van der Waals surface area contributed by atoms with E-state index >= 15 is 0 Å². The molecule has 0 spiro atoms. The van der Waals surface area contributed by atoms with Gasteiger partial charge in [-0.1, -0.05) is 0 Å². The van der Waals surface area contributed by atoms with Gasteiger partial charge in [0, 0.05) is 20.8 Å². The van der Waals surface area contributed by atoms with Gasteiger partial charge < -0.3 is 14.8 Å². The summed E-state index contributed by atoms with van der Waals surface area (Å²) >= 11 is 0. The van der Waals surface area contributed by atoms with Crippen molar-refractivity contribution >= 4 is 5.91 Å². The summed E-state index contributed by atoms with van der Waals surface area (Å²) in [5.74, 6) is -0.0779. The van der Waals surface area contributed by atoms with E-state index in [-0.39, 0.29) is 18.1 Å². The molecule has 1 fully saturated rings. The van der Waals surface area contributed by atoms with Gasteiger partial charge in [0.05, 0.1) is 5.60 Å². The Hall–Kier alpha value is -0.610. The molecule has 4 nitrogen and oxygen atoms in total. The number of amides is 1. The van der Waals surface area contributed by atoms with Crippen LogP contribution in [-0.4, -0.2) is 38.9 Å². The minimum atomic E-state index is -0.0938. The summed E-state index contributed by atoms with van der Waals surface area (Å²) in [6.07, 6.45) is 3.27. The number of carbonyl (C=O) groups is 1. The Balaban J connectivity index is 2.20. The van der Waals surface area contributed by atoms with Gasteiger partial charge in [0.2, 0.25) is 5.91 Å². The lowest BCUT2D eigenvalue weighted by Crippen LogP contribution is -2.49. The fourth-order valence-electron chi connectivity index (χ4n) is 1.47. The van der Waals surface area contributed by atoms with Gasteiger partial charge in [0.1, 0.15) is 6.61 Å². The van der Waals surface area contributed by atoms with Gasteiger partial charge in [0.15, 0.2) is 0 Å². The van der Waals surface area contributed by atoms with E-state index in [2.05, 4.69) is 5.32 Å². The van der Waals surface area contributed by atoms with Crippen molar-refractivity contribution < 1.29 is 14.3 Å². The summed E-state index contributed by atoms with van der Waals surface area (Å²) in [4.78, 5) is 11.1. The molecule has 0 atom stereocenters. The first-order valence-electron chi connectivity index (χ1n) is 4.53. The van der Waals surface area contributed by atoms with Crippen molar-refractivity contribution in [3.05, 3.63) is 0 Å². The van der Waals surface area contributed by atoms with Crippen LogP contribution in [0.25, 0.3) is 0 Å². The monoisotopic (exact) mass is 187 g/mol. The van der Waals surface area contributed by atoms with Crippen molar-refractivity contribution in [2.45, 2.75) is 24.9 Å². The van der Waals surface area contributed by atoms with E-state index in [0.29, 0.717) is 6.54 Å². The lowest BCUT2D eigenvalue weighted by molar-refractivity contribution is -0.128. The van der Waals surface area contributed by atoms with E-state index in [4.69, 9.17) is 9.47 Å². The molecule has 0 aromatic carbocycles. The highest BCUT2D eigenvalue weighted by Gasteiger charge is 2.36. The molecule has 1 N–H and O–H groups in total. The third kappa shape index (κ3) is 2.67. The van der Waals surface area contributed by atoms with Crippen LogP contribution in [0.2, 0.25) is 0 Å². The van der Waals surface area contributed by atoms with E-state index in [0.717, 1.165) is 12.8 Å². The maximum atomic E-state index is 11.1. The Labute approximate surface area is 78.6 Å². The van der Waals surface area contributed by atoms with Gasteiger partial charge in [-0.05, 0) is 19.3 Å². The molecule has 0 saturated heterocycles. The molecule has 0 radical (unpaired) electrons. The van der Waals surface area contributed by atoms with Crippen molar-refractivity contribution in [2.75, 3.05) is 27.4 Å². The number of hydrogen-bond acceptors (Lipinski definition) is 3. The zero-order chi connectivity index (χ0) is 9.73. The van der Waals surface area contributed by atoms with Gasteiger partial charge in [-0.3, -0.25) is 4.79 Å². The lowest BCUT2D eigenvalue weighted by Gasteiger charge is -2.40. The molecule has 76 valence electrons. The Morgan fingerprint density at radius 2 is 2.15 bits per heavy atom. The van der Waals surface area contributed by atoms with Crippen LogP contribution in [0.3, 0.4) is 0 Å². The van der Waals surface area contributed by atoms with E-state index in [1.807, 2.05) is 0 Å². The van der Waals surface area contributed by atoms with Crippen LogP contribution in [0.15, 0.2) is 0 Å². The average Bonchev–Trinajstić information content (AvgIpc) is 2.04. The standard InChI is InChI=1S/C9H17NO3/c1-12-6-8(11)10-7-9(13-2)4-3-5-9/h3-7H2,1-2H3,(H,10,11). The first-order chi connectivity index (χ1) is 6.22. The Morgan fingerprint density at radius 1 is 1.46 bits per heavy atom. The molecule has 1 rings (SSSR count).